The van der Waals surface area contributed by atoms with Gasteiger partial charge in [0.2, 0.25) is 5.91 Å². The maximum atomic E-state index is 12.8. The highest BCUT2D eigenvalue weighted by Crippen LogP contribution is 2.34. The van der Waals surface area contributed by atoms with Gasteiger partial charge in [0.05, 0.1) is 6.61 Å². The number of carbonyl (C=O) groups excluding carboxylic acids is 3. The monoisotopic (exact) mass is 428 g/mol. The quantitative estimate of drug-likeness (QED) is 0.652. The predicted octanol–water partition coefficient (Wildman–Crippen LogP) is 2.90. The molecule has 0 radical (unpaired) electrons. The highest BCUT2D eigenvalue weighted by Gasteiger charge is 2.52. The molecule has 3 aliphatic rings. The Kier molecular flexibility index (Phi) is 6.46. The normalized spacial score (nSPS) is 23.3. The van der Waals surface area contributed by atoms with E-state index in [0.717, 1.165) is 49.4 Å². The maximum Gasteiger partial charge on any atom is 0.344 e. The molecule has 0 bridgehead atoms. The average Bonchev–Trinajstić information content (AvgIpc) is 3.33. The summed E-state index contributed by atoms with van der Waals surface area (Å²) >= 11 is 0. The van der Waals surface area contributed by atoms with Crippen LogP contribution in [0.4, 0.5) is 4.79 Å². The van der Waals surface area contributed by atoms with Crippen molar-refractivity contribution in [2.45, 2.75) is 69.9 Å². The fourth-order valence-electron chi connectivity index (χ4n) is 5.07. The number of hydrogen-bond donors (Lipinski definition) is 2. The topological polar surface area (TPSA) is 91.0 Å². The van der Waals surface area contributed by atoms with E-state index in [-0.39, 0.29) is 24.3 Å². The van der Waals surface area contributed by atoms with Crippen molar-refractivity contribution in [2.75, 3.05) is 19.7 Å². The van der Waals surface area contributed by atoms with Crippen molar-refractivity contribution in [1.82, 2.24) is 20.7 Å². The molecule has 1 saturated carbocycles. The molecule has 1 unspecified atom stereocenters. The molecule has 2 aliphatic heterocycles. The van der Waals surface area contributed by atoms with Crippen LogP contribution in [0.2, 0.25) is 0 Å². The number of hydrazine groups is 1. The lowest BCUT2D eigenvalue weighted by Gasteiger charge is -2.30. The van der Waals surface area contributed by atoms with Crippen molar-refractivity contribution in [3.63, 3.8) is 0 Å². The number of benzene rings is 1. The lowest BCUT2D eigenvalue weighted by molar-refractivity contribution is -0.140. The molecule has 1 aromatic rings. The average molecular weight is 429 g/mol. The van der Waals surface area contributed by atoms with Crippen LogP contribution < -0.4 is 15.5 Å². The van der Waals surface area contributed by atoms with E-state index >= 15 is 0 Å². The Morgan fingerprint density at radius 2 is 1.90 bits per heavy atom. The molecule has 8 heteroatoms. The van der Waals surface area contributed by atoms with Crippen molar-refractivity contribution in [3.05, 3.63) is 29.8 Å². The van der Waals surface area contributed by atoms with Crippen molar-refractivity contribution in [3.8, 4) is 5.75 Å². The predicted molar refractivity (Wildman–Crippen MR) is 115 cm³/mol. The lowest BCUT2D eigenvalue weighted by Crippen LogP contribution is -2.51. The molecule has 3 fully saturated rings. The van der Waals surface area contributed by atoms with Gasteiger partial charge in [-0.1, -0.05) is 31.4 Å². The fraction of sp³-hybridized carbons (Fsp3) is 0.609. The minimum atomic E-state index is -0.823. The van der Waals surface area contributed by atoms with Crippen LogP contribution in [-0.2, 0) is 9.59 Å². The Hall–Kier alpha value is -2.61. The van der Waals surface area contributed by atoms with Crippen LogP contribution >= 0.6 is 0 Å². The molecule has 2 N–H and O–H groups in total. The molecule has 0 aromatic heterocycles. The van der Waals surface area contributed by atoms with Gasteiger partial charge in [0, 0.05) is 19.0 Å². The number of amides is 4. The van der Waals surface area contributed by atoms with Crippen molar-refractivity contribution in [2.24, 2.45) is 0 Å². The molecule has 4 amide bonds. The van der Waals surface area contributed by atoms with Crippen LogP contribution in [0, 0.1) is 0 Å². The van der Waals surface area contributed by atoms with E-state index in [9.17, 15) is 14.4 Å². The molecule has 1 aliphatic carbocycles. The Balaban J connectivity index is 1.31. The van der Waals surface area contributed by atoms with Crippen molar-refractivity contribution >= 4 is 17.8 Å². The number of hydrogen-bond acceptors (Lipinski definition) is 5. The summed E-state index contributed by atoms with van der Waals surface area (Å²) in [4.78, 5) is 40.0. The number of ether oxygens (including phenoxy) is 1. The second-order valence-corrected chi connectivity index (χ2v) is 8.69. The summed E-state index contributed by atoms with van der Waals surface area (Å²) in [6, 6.07) is 7.90. The molecular formula is C23H32N4O4. The molecular weight excluding hydrogens is 396 g/mol. The second-order valence-electron chi connectivity index (χ2n) is 8.69. The smallest absolute Gasteiger partial charge is 0.344 e. The minimum absolute atomic E-state index is 0.234. The molecule has 1 spiro atoms. The fourth-order valence-corrected chi connectivity index (χ4v) is 5.07. The van der Waals surface area contributed by atoms with E-state index in [1.807, 2.05) is 19.1 Å². The van der Waals surface area contributed by atoms with Gasteiger partial charge in [-0.2, -0.15) is 5.01 Å². The third-order valence-electron chi connectivity index (χ3n) is 6.67. The van der Waals surface area contributed by atoms with Gasteiger partial charge < -0.3 is 10.1 Å². The minimum Gasteiger partial charge on any atom is -0.494 e. The summed E-state index contributed by atoms with van der Waals surface area (Å²) in [7, 11) is 0. The Labute approximate surface area is 183 Å². The van der Waals surface area contributed by atoms with Gasteiger partial charge in [0.15, 0.2) is 0 Å². The van der Waals surface area contributed by atoms with E-state index in [2.05, 4.69) is 27.8 Å². The largest absolute Gasteiger partial charge is 0.494 e. The van der Waals surface area contributed by atoms with Gasteiger partial charge in [-0.25, -0.2) is 4.79 Å². The molecule has 4 rings (SSSR count). The van der Waals surface area contributed by atoms with Gasteiger partial charge in [0.1, 0.15) is 11.3 Å². The lowest BCUT2D eigenvalue weighted by atomic mass is 9.82. The number of carbonyl (C=O) groups is 3. The summed E-state index contributed by atoms with van der Waals surface area (Å²) in [5.41, 5.74) is 2.93. The van der Waals surface area contributed by atoms with Crippen LogP contribution in [0.3, 0.4) is 0 Å². The number of urea groups is 1. The van der Waals surface area contributed by atoms with Crippen molar-refractivity contribution in [1.29, 1.82) is 0 Å². The van der Waals surface area contributed by atoms with Gasteiger partial charge in [-0.3, -0.25) is 19.9 Å². The molecule has 2 heterocycles. The summed E-state index contributed by atoms with van der Waals surface area (Å²) < 4.78 is 5.52. The van der Waals surface area contributed by atoms with E-state index in [0.29, 0.717) is 26.0 Å². The van der Waals surface area contributed by atoms with E-state index in [4.69, 9.17) is 4.74 Å². The van der Waals surface area contributed by atoms with Gasteiger partial charge in [-0.15, -0.1) is 0 Å². The summed E-state index contributed by atoms with van der Waals surface area (Å²) in [5, 5.41) is 3.71. The van der Waals surface area contributed by atoms with Crippen LogP contribution in [-0.4, -0.2) is 53.0 Å². The van der Waals surface area contributed by atoms with Crippen LogP contribution in [0.15, 0.2) is 24.3 Å². The van der Waals surface area contributed by atoms with E-state index in [1.165, 1.54) is 5.56 Å². The zero-order chi connectivity index (χ0) is 21.8. The Bertz CT molecular complexity index is 819. The zero-order valence-electron chi connectivity index (χ0n) is 18.2. The van der Waals surface area contributed by atoms with Crippen LogP contribution in [0.25, 0.3) is 0 Å². The van der Waals surface area contributed by atoms with Gasteiger partial charge in [-0.05, 0) is 56.8 Å². The Morgan fingerprint density at radius 3 is 2.61 bits per heavy atom. The van der Waals surface area contributed by atoms with Crippen LogP contribution in [0.1, 0.15) is 69.9 Å². The number of rotatable bonds is 7. The van der Waals surface area contributed by atoms with E-state index < -0.39 is 11.6 Å². The van der Waals surface area contributed by atoms with Gasteiger partial charge >= 0.3 is 6.03 Å². The number of imide groups is 1. The Morgan fingerprint density at radius 1 is 1.16 bits per heavy atom. The highest BCUT2D eigenvalue weighted by molar-refractivity contribution is 6.08. The first kappa shape index (κ1) is 21.6. The third kappa shape index (κ3) is 4.54. The first-order chi connectivity index (χ1) is 15.0. The molecule has 1 atom stereocenters. The summed E-state index contributed by atoms with van der Waals surface area (Å²) in [6.45, 7) is 4.12. The number of likely N-dealkylation sites (tertiary alicyclic amines) is 1. The third-order valence-corrected chi connectivity index (χ3v) is 6.67. The molecule has 168 valence electrons. The number of nitrogens with zero attached hydrogens (tertiary/aromatic N) is 2. The molecule has 31 heavy (non-hydrogen) atoms. The van der Waals surface area contributed by atoms with E-state index in [1.54, 1.807) is 0 Å². The molecule has 1 aromatic carbocycles. The zero-order valence-corrected chi connectivity index (χ0v) is 18.2. The molecule has 8 nitrogen and oxygen atoms in total. The second kappa shape index (κ2) is 9.26. The standard InChI is InChI=1S/C23H32N4O4/c1-2-31-18-10-8-17(9-11-18)19-7-6-15-26(19)16-12-20(28)25-27-21(29)23(24-22(27)30)13-4-3-5-14-23/h8-11,19H,2-7,12-16H2,1H3,(H,24,30)(H,25,28). The SMILES string of the molecule is CCOc1ccc(C2CCCN2CCC(=O)NN2C(=O)NC3(CCCCC3)C2=O)cc1. The number of nitrogens with one attached hydrogen (secondary N) is 2. The summed E-state index contributed by atoms with van der Waals surface area (Å²) in [6.07, 6.45) is 6.54. The van der Waals surface area contributed by atoms with Gasteiger partial charge in [0.25, 0.3) is 5.91 Å². The molecule has 2 saturated heterocycles. The first-order valence-electron chi connectivity index (χ1n) is 11.5. The highest BCUT2D eigenvalue weighted by atomic mass is 16.5. The maximum absolute atomic E-state index is 12.8. The summed E-state index contributed by atoms with van der Waals surface area (Å²) in [5.74, 6) is 0.229. The van der Waals surface area contributed by atoms with Crippen molar-refractivity contribution < 1.29 is 19.1 Å². The first-order valence-corrected chi connectivity index (χ1v) is 11.5. The van der Waals surface area contributed by atoms with Crippen LogP contribution in [0.5, 0.6) is 5.75 Å².